The molecular weight excluding hydrogens is 371 g/mol. The standard InChI is InChI=1S/C21H20F3NOS/c22-21(23,24)20(26)19(18-12-7-13-27-18)25(14-16-8-3-1-4-9-16)15-17-10-5-2-6-11-17/h1-13,19-20,26H,14-15H2/t19-,20-/m0/s1. The Kier molecular flexibility index (Phi) is 6.31. The highest BCUT2D eigenvalue weighted by molar-refractivity contribution is 7.10. The van der Waals surface area contributed by atoms with Crippen LogP contribution < -0.4 is 0 Å². The lowest BCUT2D eigenvalue weighted by molar-refractivity contribution is -0.224. The van der Waals surface area contributed by atoms with Gasteiger partial charge in [0, 0.05) is 18.0 Å². The van der Waals surface area contributed by atoms with Gasteiger partial charge in [0.05, 0.1) is 6.04 Å². The summed E-state index contributed by atoms with van der Waals surface area (Å²) in [5.74, 6) is 0. The molecule has 0 amide bonds. The van der Waals surface area contributed by atoms with Crippen LogP contribution in [0.2, 0.25) is 0 Å². The van der Waals surface area contributed by atoms with Crippen LogP contribution in [0.5, 0.6) is 0 Å². The number of hydrogen-bond acceptors (Lipinski definition) is 3. The van der Waals surface area contributed by atoms with E-state index in [1.165, 1.54) is 11.3 Å². The summed E-state index contributed by atoms with van der Waals surface area (Å²) >= 11 is 1.22. The molecule has 3 rings (SSSR count). The predicted octanol–water partition coefficient (Wildman–Crippen LogP) is 5.41. The number of hydrogen-bond donors (Lipinski definition) is 1. The minimum absolute atomic E-state index is 0.297. The van der Waals surface area contributed by atoms with Gasteiger partial charge in [-0.15, -0.1) is 11.3 Å². The monoisotopic (exact) mass is 391 g/mol. The SMILES string of the molecule is O[C@@H]([C@H](c1cccs1)N(Cc1ccccc1)Cc1ccccc1)C(F)(F)F. The van der Waals surface area contributed by atoms with Gasteiger partial charge < -0.3 is 5.11 Å². The third-order valence-corrected chi connectivity index (χ3v) is 5.26. The summed E-state index contributed by atoms with van der Waals surface area (Å²) in [5.41, 5.74) is 1.79. The van der Waals surface area contributed by atoms with Gasteiger partial charge in [-0.25, -0.2) is 0 Å². The number of thiophene rings is 1. The number of alkyl halides is 3. The molecule has 0 radical (unpaired) electrons. The van der Waals surface area contributed by atoms with E-state index >= 15 is 0 Å². The van der Waals surface area contributed by atoms with Gasteiger partial charge in [-0.05, 0) is 22.6 Å². The van der Waals surface area contributed by atoms with E-state index in [0.717, 1.165) is 11.1 Å². The van der Waals surface area contributed by atoms with Gasteiger partial charge in [-0.2, -0.15) is 13.2 Å². The quantitative estimate of drug-likeness (QED) is 0.582. The van der Waals surface area contributed by atoms with Crippen molar-refractivity contribution in [1.29, 1.82) is 0 Å². The highest BCUT2D eigenvalue weighted by Gasteiger charge is 2.46. The minimum atomic E-state index is -4.71. The molecule has 0 saturated heterocycles. The second-order valence-corrected chi connectivity index (χ2v) is 7.30. The summed E-state index contributed by atoms with van der Waals surface area (Å²) in [6.07, 6.45) is -7.18. The Morgan fingerprint density at radius 1 is 0.815 bits per heavy atom. The van der Waals surface area contributed by atoms with Crippen LogP contribution >= 0.6 is 11.3 Å². The third kappa shape index (κ3) is 5.19. The lowest BCUT2D eigenvalue weighted by atomic mass is 10.0. The Labute approximate surface area is 160 Å². The van der Waals surface area contributed by atoms with E-state index in [0.29, 0.717) is 18.0 Å². The molecule has 0 aliphatic carbocycles. The zero-order valence-corrected chi connectivity index (χ0v) is 15.3. The first kappa shape index (κ1) is 19.6. The highest BCUT2D eigenvalue weighted by atomic mass is 32.1. The first-order valence-electron chi connectivity index (χ1n) is 8.55. The second kappa shape index (κ2) is 8.69. The Balaban J connectivity index is 1.98. The van der Waals surface area contributed by atoms with Gasteiger partial charge in [0.1, 0.15) is 0 Å². The molecule has 0 unspecified atom stereocenters. The number of aliphatic hydroxyl groups excluding tert-OH is 1. The predicted molar refractivity (Wildman–Crippen MR) is 101 cm³/mol. The normalized spacial score (nSPS) is 14.3. The van der Waals surface area contributed by atoms with E-state index in [4.69, 9.17) is 0 Å². The van der Waals surface area contributed by atoms with E-state index in [-0.39, 0.29) is 0 Å². The van der Waals surface area contributed by atoms with E-state index in [1.54, 1.807) is 22.4 Å². The summed E-state index contributed by atoms with van der Waals surface area (Å²) in [5, 5.41) is 11.9. The Morgan fingerprint density at radius 3 is 1.74 bits per heavy atom. The summed E-state index contributed by atoms with van der Waals surface area (Å²) < 4.78 is 40.4. The molecule has 0 bridgehead atoms. The molecule has 1 heterocycles. The lowest BCUT2D eigenvalue weighted by Gasteiger charge is -2.35. The van der Waals surface area contributed by atoms with Crippen molar-refractivity contribution >= 4 is 11.3 Å². The molecule has 0 aliphatic heterocycles. The first-order chi connectivity index (χ1) is 12.9. The molecule has 3 aromatic rings. The van der Waals surface area contributed by atoms with Crippen molar-refractivity contribution in [3.05, 3.63) is 94.2 Å². The number of rotatable bonds is 7. The van der Waals surface area contributed by atoms with Crippen molar-refractivity contribution in [1.82, 2.24) is 4.90 Å². The highest BCUT2D eigenvalue weighted by Crippen LogP contribution is 2.37. The molecule has 142 valence electrons. The van der Waals surface area contributed by atoms with Gasteiger partial charge in [-0.1, -0.05) is 66.7 Å². The topological polar surface area (TPSA) is 23.5 Å². The van der Waals surface area contributed by atoms with Crippen LogP contribution in [0.1, 0.15) is 22.0 Å². The zero-order chi connectivity index (χ0) is 19.3. The molecular formula is C21H20F3NOS. The molecule has 1 aromatic heterocycles. The Morgan fingerprint density at radius 2 is 1.33 bits per heavy atom. The second-order valence-electron chi connectivity index (χ2n) is 6.32. The van der Waals surface area contributed by atoms with Gasteiger partial charge in [0.15, 0.2) is 6.10 Å². The molecule has 2 aromatic carbocycles. The maximum atomic E-state index is 13.5. The minimum Gasteiger partial charge on any atom is -0.382 e. The molecule has 1 N–H and O–H groups in total. The van der Waals surface area contributed by atoms with Crippen LogP contribution in [-0.4, -0.2) is 22.3 Å². The molecule has 2 atom stereocenters. The van der Waals surface area contributed by atoms with Crippen molar-refractivity contribution in [2.75, 3.05) is 0 Å². The Bertz CT molecular complexity index is 765. The zero-order valence-electron chi connectivity index (χ0n) is 14.5. The molecule has 2 nitrogen and oxygen atoms in total. The van der Waals surface area contributed by atoms with Gasteiger partial charge in [0.2, 0.25) is 0 Å². The van der Waals surface area contributed by atoms with Crippen molar-refractivity contribution in [2.24, 2.45) is 0 Å². The third-order valence-electron chi connectivity index (χ3n) is 4.32. The fourth-order valence-electron chi connectivity index (χ4n) is 3.06. The molecule has 6 heteroatoms. The number of halogens is 3. The van der Waals surface area contributed by atoms with Crippen LogP contribution in [0.4, 0.5) is 13.2 Å². The van der Waals surface area contributed by atoms with Gasteiger partial charge >= 0.3 is 6.18 Å². The van der Waals surface area contributed by atoms with E-state index < -0.39 is 18.3 Å². The maximum Gasteiger partial charge on any atom is 0.416 e. The summed E-state index contributed by atoms with van der Waals surface area (Å²) in [6.45, 7) is 0.594. The van der Waals surface area contributed by atoms with Crippen LogP contribution in [0.3, 0.4) is 0 Å². The van der Waals surface area contributed by atoms with Crippen molar-refractivity contribution < 1.29 is 18.3 Å². The molecule has 0 fully saturated rings. The number of nitrogens with zero attached hydrogens (tertiary/aromatic N) is 1. The summed E-state index contributed by atoms with van der Waals surface area (Å²) in [4.78, 5) is 2.18. The first-order valence-corrected chi connectivity index (χ1v) is 9.43. The van der Waals surface area contributed by atoms with Crippen LogP contribution in [0, 0.1) is 0 Å². The van der Waals surface area contributed by atoms with Crippen molar-refractivity contribution in [3.63, 3.8) is 0 Å². The number of aliphatic hydroxyl groups is 1. The fraction of sp³-hybridized carbons (Fsp3) is 0.238. The Hall–Kier alpha value is -2.15. The summed E-state index contributed by atoms with van der Waals surface area (Å²) in [6, 6.07) is 20.9. The van der Waals surface area contributed by atoms with Crippen LogP contribution in [0.15, 0.2) is 78.2 Å². The van der Waals surface area contributed by atoms with Crippen LogP contribution in [0.25, 0.3) is 0 Å². The molecule has 0 spiro atoms. The van der Waals surface area contributed by atoms with E-state index in [9.17, 15) is 18.3 Å². The van der Waals surface area contributed by atoms with E-state index in [1.807, 2.05) is 60.7 Å². The van der Waals surface area contributed by atoms with Gasteiger partial charge in [0.25, 0.3) is 0 Å². The maximum absolute atomic E-state index is 13.5. The molecule has 0 saturated carbocycles. The summed E-state index contributed by atoms with van der Waals surface area (Å²) in [7, 11) is 0. The van der Waals surface area contributed by atoms with Gasteiger partial charge in [-0.3, -0.25) is 4.90 Å². The van der Waals surface area contributed by atoms with Crippen molar-refractivity contribution in [3.8, 4) is 0 Å². The van der Waals surface area contributed by atoms with Crippen LogP contribution in [-0.2, 0) is 13.1 Å². The largest absolute Gasteiger partial charge is 0.416 e. The molecule has 27 heavy (non-hydrogen) atoms. The molecule has 0 aliphatic rings. The number of benzene rings is 2. The smallest absolute Gasteiger partial charge is 0.382 e. The van der Waals surface area contributed by atoms with E-state index in [2.05, 4.69) is 0 Å². The average Bonchev–Trinajstić information content (AvgIpc) is 3.17. The lowest BCUT2D eigenvalue weighted by Crippen LogP contribution is -2.43. The fourth-order valence-corrected chi connectivity index (χ4v) is 3.95. The average molecular weight is 391 g/mol. The van der Waals surface area contributed by atoms with Crippen molar-refractivity contribution in [2.45, 2.75) is 31.4 Å².